The molecular weight excluding hydrogens is 386 g/mol. The molecule has 1 heterocycles. The van der Waals surface area contributed by atoms with Crippen molar-refractivity contribution in [1.29, 1.82) is 0 Å². The van der Waals surface area contributed by atoms with E-state index in [1.54, 1.807) is 42.5 Å². The molecule has 156 valence electrons. The second-order valence-electron chi connectivity index (χ2n) is 7.23. The minimum absolute atomic E-state index is 0.0303. The van der Waals surface area contributed by atoms with Crippen LogP contribution in [0.3, 0.4) is 0 Å². The van der Waals surface area contributed by atoms with Crippen molar-refractivity contribution in [2.45, 2.75) is 20.4 Å². The minimum atomic E-state index is -0.463. The van der Waals surface area contributed by atoms with Crippen molar-refractivity contribution in [2.75, 3.05) is 18.4 Å². The Morgan fingerprint density at radius 3 is 2.47 bits per heavy atom. The molecule has 0 bridgehead atoms. The number of nitrogens with one attached hydrogen (secondary N) is 2. The van der Waals surface area contributed by atoms with Crippen molar-refractivity contribution in [3.63, 3.8) is 0 Å². The van der Waals surface area contributed by atoms with Crippen LogP contribution in [0.4, 0.5) is 11.4 Å². The SMILES string of the molecule is CC(C)Cn1nc(C(=O)NCCNc2ccccc2[N+](=O)[O-])c2ccccc2c1=O. The number of amides is 1. The zero-order valence-corrected chi connectivity index (χ0v) is 16.8. The molecule has 3 rings (SSSR count). The molecule has 0 fully saturated rings. The van der Waals surface area contributed by atoms with Crippen molar-refractivity contribution < 1.29 is 9.72 Å². The molecule has 9 nitrogen and oxygen atoms in total. The summed E-state index contributed by atoms with van der Waals surface area (Å²) in [5, 5.41) is 22.0. The topological polar surface area (TPSA) is 119 Å². The number of hydrogen-bond acceptors (Lipinski definition) is 6. The van der Waals surface area contributed by atoms with Gasteiger partial charge in [0.15, 0.2) is 5.69 Å². The Kier molecular flexibility index (Phi) is 6.41. The van der Waals surface area contributed by atoms with Crippen LogP contribution < -0.4 is 16.2 Å². The predicted octanol–water partition coefficient (Wildman–Crippen LogP) is 2.80. The lowest BCUT2D eigenvalue weighted by Crippen LogP contribution is -2.33. The van der Waals surface area contributed by atoms with Gasteiger partial charge in [-0.15, -0.1) is 0 Å². The molecule has 0 saturated heterocycles. The van der Waals surface area contributed by atoms with E-state index in [9.17, 15) is 19.7 Å². The zero-order valence-electron chi connectivity index (χ0n) is 16.8. The first-order valence-corrected chi connectivity index (χ1v) is 9.64. The number of carbonyl (C=O) groups is 1. The molecule has 2 N–H and O–H groups in total. The van der Waals surface area contributed by atoms with E-state index in [2.05, 4.69) is 15.7 Å². The van der Waals surface area contributed by atoms with Crippen LogP contribution in [0, 0.1) is 16.0 Å². The maximum absolute atomic E-state index is 12.8. The standard InChI is InChI=1S/C21H23N5O4/c1-14(2)13-25-21(28)16-8-4-3-7-15(16)19(24-25)20(27)23-12-11-22-17-9-5-6-10-18(17)26(29)30/h3-10,14,22H,11-13H2,1-2H3,(H,23,27). The van der Waals surface area contributed by atoms with Gasteiger partial charge in [-0.2, -0.15) is 5.10 Å². The van der Waals surface area contributed by atoms with E-state index < -0.39 is 10.8 Å². The van der Waals surface area contributed by atoms with Gasteiger partial charge in [-0.3, -0.25) is 19.7 Å². The van der Waals surface area contributed by atoms with Crippen LogP contribution in [0.25, 0.3) is 10.8 Å². The summed E-state index contributed by atoms with van der Waals surface area (Å²) in [5.74, 6) is -0.216. The first-order chi connectivity index (χ1) is 14.4. The number of fused-ring (bicyclic) bond motifs is 1. The molecule has 1 amide bonds. The van der Waals surface area contributed by atoms with Crippen molar-refractivity contribution >= 4 is 28.1 Å². The predicted molar refractivity (Wildman–Crippen MR) is 115 cm³/mol. The lowest BCUT2D eigenvalue weighted by molar-refractivity contribution is -0.384. The fourth-order valence-electron chi connectivity index (χ4n) is 3.11. The molecule has 30 heavy (non-hydrogen) atoms. The second kappa shape index (κ2) is 9.17. The van der Waals surface area contributed by atoms with Gasteiger partial charge in [0.1, 0.15) is 5.69 Å². The van der Waals surface area contributed by atoms with Crippen molar-refractivity contribution in [1.82, 2.24) is 15.1 Å². The highest BCUT2D eigenvalue weighted by molar-refractivity contribution is 6.04. The third kappa shape index (κ3) is 4.62. The van der Waals surface area contributed by atoms with Gasteiger partial charge < -0.3 is 10.6 Å². The quantitative estimate of drug-likeness (QED) is 0.335. The van der Waals surface area contributed by atoms with Crippen LogP contribution in [0.1, 0.15) is 24.3 Å². The first kappa shape index (κ1) is 21.0. The fourth-order valence-corrected chi connectivity index (χ4v) is 3.11. The number of aromatic nitrogens is 2. The Labute approximate surface area is 172 Å². The maximum atomic E-state index is 12.8. The van der Waals surface area contributed by atoms with Crippen LogP contribution in [0.2, 0.25) is 0 Å². The number of nitro groups is 1. The van der Waals surface area contributed by atoms with Gasteiger partial charge >= 0.3 is 0 Å². The number of benzene rings is 2. The summed E-state index contributed by atoms with van der Waals surface area (Å²) in [7, 11) is 0. The van der Waals surface area contributed by atoms with Crippen LogP contribution in [-0.4, -0.2) is 33.7 Å². The summed E-state index contributed by atoms with van der Waals surface area (Å²) in [6, 6.07) is 13.2. The Bertz CT molecular complexity index is 1140. The highest BCUT2D eigenvalue weighted by atomic mass is 16.6. The molecule has 0 spiro atoms. The average molecular weight is 409 g/mol. The number of anilines is 1. The molecule has 1 aromatic heterocycles. The number of carbonyl (C=O) groups excluding carboxylic acids is 1. The minimum Gasteiger partial charge on any atom is -0.378 e. The van der Waals surface area contributed by atoms with E-state index >= 15 is 0 Å². The molecule has 0 aliphatic heterocycles. The summed E-state index contributed by atoms with van der Waals surface area (Å²) in [4.78, 5) is 36.0. The van der Waals surface area contributed by atoms with E-state index in [0.717, 1.165) is 0 Å². The summed E-state index contributed by atoms with van der Waals surface area (Å²) in [6.07, 6.45) is 0. The maximum Gasteiger partial charge on any atom is 0.292 e. The molecule has 0 aliphatic carbocycles. The van der Waals surface area contributed by atoms with Crippen molar-refractivity contribution in [3.8, 4) is 0 Å². The van der Waals surface area contributed by atoms with Crippen molar-refractivity contribution in [2.24, 2.45) is 5.92 Å². The van der Waals surface area contributed by atoms with E-state index in [-0.39, 0.29) is 29.4 Å². The second-order valence-corrected chi connectivity index (χ2v) is 7.23. The highest BCUT2D eigenvalue weighted by Crippen LogP contribution is 2.22. The van der Waals surface area contributed by atoms with Gasteiger partial charge in [-0.25, -0.2) is 4.68 Å². The molecule has 0 saturated carbocycles. The van der Waals surface area contributed by atoms with E-state index in [0.29, 0.717) is 29.5 Å². The van der Waals surface area contributed by atoms with E-state index in [1.165, 1.54) is 10.7 Å². The number of rotatable bonds is 8. The van der Waals surface area contributed by atoms with Gasteiger partial charge in [0.25, 0.3) is 17.2 Å². The summed E-state index contributed by atoms with van der Waals surface area (Å²) >= 11 is 0. The molecule has 3 aromatic rings. The Morgan fingerprint density at radius 1 is 1.10 bits per heavy atom. The average Bonchev–Trinajstić information content (AvgIpc) is 2.73. The van der Waals surface area contributed by atoms with E-state index in [1.807, 2.05) is 13.8 Å². The third-order valence-corrected chi connectivity index (χ3v) is 4.45. The number of para-hydroxylation sites is 2. The van der Waals surface area contributed by atoms with Gasteiger partial charge in [0, 0.05) is 31.1 Å². The van der Waals surface area contributed by atoms with E-state index in [4.69, 9.17) is 0 Å². The van der Waals surface area contributed by atoms with Gasteiger partial charge in [-0.1, -0.05) is 44.2 Å². The molecule has 2 aromatic carbocycles. The largest absolute Gasteiger partial charge is 0.378 e. The van der Waals surface area contributed by atoms with Crippen LogP contribution >= 0.6 is 0 Å². The summed E-state index contributed by atoms with van der Waals surface area (Å²) < 4.78 is 1.33. The van der Waals surface area contributed by atoms with Crippen LogP contribution in [0.5, 0.6) is 0 Å². The molecule has 0 unspecified atom stereocenters. The summed E-state index contributed by atoms with van der Waals surface area (Å²) in [5.41, 5.74) is 0.300. The molecule has 9 heteroatoms. The summed E-state index contributed by atoms with van der Waals surface area (Å²) in [6.45, 7) is 4.86. The first-order valence-electron chi connectivity index (χ1n) is 9.64. The lowest BCUT2D eigenvalue weighted by Gasteiger charge is -2.13. The van der Waals surface area contributed by atoms with Crippen LogP contribution in [-0.2, 0) is 6.54 Å². The third-order valence-electron chi connectivity index (χ3n) is 4.45. The number of hydrogen-bond donors (Lipinski definition) is 2. The van der Waals surface area contributed by atoms with Gasteiger partial charge in [0.2, 0.25) is 0 Å². The molecule has 0 radical (unpaired) electrons. The number of nitro benzene ring substituents is 1. The van der Waals surface area contributed by atoms with Gasteiger partial charge in [0.05, 0.1) is 10.3 Å². The molecular formula is C21H23N5O4. The number of nitrogens with zero attached hydrogens (tertiary/aromatic N) is 3. The molecule has 0 atom stereocenters. The highest BCUT2D eigenvalue weighted by Gasteiger charge is 2.17. The lowest BCUT2D eigenvalue weighted by atomic mass is 10.1. The van der Waals surface area contributed by atoms with Crippen molar-refractivity contribution in [3.05, 3.63) is 74.7 Å². The smallest absolute Gasteiger partial charge is 0.292 e. The normalized spacial score (nSPS) is 10.9. The monoisotopic (exact) mass is 409 g/mol. The Balaban J connectivity index is 1.75. The zero-order chi connectivity index (χ0) is 21.7. The van der Waals surface area contributed by atoms with Crippen LogP contribution in [0.15, 0.2) is 53.3 Å². The molecule has 0 aliphatic rings. The Hall–Kier alpha value is -3.75. The van der Waals surface area contributed by atoms with Gasteiger partial charge in [-0.05, 0) is 18.1 Å². The fraction of sp³-hybridized carbons (Fsp3) is 0.286. The Morgan fingerprint density at radius 2 is 1.77 bits per heavy atom.